The first-order valence-electron chi connectivity index (χ1n) is 6.75. The van der Waals surface area contributed by atoms with E-state index in [4.69, 9.17) is 0 Å². The molecule has 1 unspecified atom stereocenters. The molecule has 0 amide bonds. The molecule has 2 aromatic rings. The van der Waals surface area contributed by atoms with Gasteiger partial charge in [0.1, 0.15) is 5.82 Å². The molecule has 0 heterocycles. The Labute approximate surface area is 128 Å². The zero-order valence-electron chi connectivity index (χ0n) is 12.0. The topological polar surface area (TPSA) is 12.0 Å². The third-order valence-electron chi connectivity index (χ3n) is 3.60. The summed E-state index contributed by atoms with van der Waals surface area (Å²) in [6.07, 6.45) is 0. The molecule has 1 N–H and O–H groups in total. The first-order valence-corrected chi connectivity index (χ1v) is 7.55. The van der Waals surface area contributed by atoms with Crippen molar-refractivity contribution in [3.05, 3.63) is 69.4 Å². The average Bonchev–Trinajstić information content (AvgIpc) is 2.42. The van der Waals surface area contributed by atoms with E-state index in [1.807, 2.05) is 18.2 Å². The van der Waals surface area contributed by atoms with Gasteiger partial charge in [0.05, 0.1) is 4.47 Å². The lowest BCUT2D eigenvalue weighted by molar-refractivity contribution is 0.492. The van der Waals surface area contributed by atoms with Crippen molar-refractivity contribution in [3.63, 3.8) is 0 Å². The molecule has 1 nitrogen and oxygen atoms in total. The van der Waals surface area contributed by atoms with Gasteiger partial charge >= 0.3 is 0 Å². The molecule has 106 valence electrons. The van der Waals surface area contributed by atoms with Gasteiger partial charge in [-0.15, -0.1) is 0 Å². The van der Waals surface area contributed by atoms with Gasteiger partial charge in [0.15, 0.2) is 0 Å². The van der Waals surface area contributed by atoms with Crippen molar-refractivity contribution in [2.45, 2.75) is 32.9 Å². The third-order valence-corrected chi connectivity index (χ3v) is 4.21. The molecule has 0 aliphatic heterocycles. The number of nitrogens with one attached hydrogen (secondary N) is 1. The van der Waals surface area contributed by atoms with Gasteiger partial charge in [0, 0.05) is 12.1 Å². The maximum absolute atomic E-state index is 13.3. The fourth-order valence-electron chi connectivity index (χ4n) is 2.42. The number of hydrogen-bond donors (Lipinski definition) is 1. The van der Waals surface area contributed by atoms with Crippen molar-refractivity contribution in [1.82, 2.24) is 5.32 Å². The molecule has 0 aromatic heterocycles. The summed E-state index contributed by atoms with van der Waals surface area (Å²) in [5, 5.41) is 3.56. The van der Waals surface area contributed by atoms with Gasteiger partial charge < -0.3 is 5.32 Å². The third kappa shape index (κ3) is 3.47. The minimum Gasteiger partial charge on any atom is -0.304 e. The SMILES string of the molecule is Cc1ccccc1[C@@H](C)NC(C)c1ccc(F)c(Br)c1. The summed E-state index contributed by atoms with van der Waals surface area (Å²) < 4.78 is 13.8. The van der Waals surface area contributed by atoms with Crippen molar-refractivity contribution in [2.24, 2.45) is 0 Å². The van der Waals surface area contributed by atoms with Crippen LogP contribution in [0, 0.1) is 12.7 Å². The van der Waals surface area contributed by atoms with Crippen LogP contribution in [0.15, 0.2) is 46.9 Å². The molecular weight excluding hydrogens is 317 g/mol. The molecular formula is C17H19BrFN. The minimum absolute atomic E-state index is 0.154. The first kappa shape index (κ1) is 15.2. The Bertz CT molecular complexity index is 597. The maximum atomic E-state index is 13.3. The van der Waals surface area contributed by atoms with Gasteiger partial charge in [-0.2, -0.15) is 0 Å². The van der Waals surface area contributed by atoms with Crippen LogP contribution in [0.4, 0.5) is 4.39 Å². The van der Waals surface area contributed by atoms with Crippen molar-refractivity contribution >= 4 is 15.9 Å². The summed E-state index contributed by atoms with van der Waals surface area (Å²) in [6.45, 7) is 6.36. The largest absolute Gasteiger partial charge is 0.304 e. The summed E-state index contributed by atoms with van der Waals surface area (Å²) >= 11 is 3.23. The smallest absolute Gasteiger partial charge is 0.137 e. The van der Waals surface area contributed by atoms with Crippen LogP contribution in [0.2, 0.25) is 0 Å². The van der Waals surface area contributed by atoms with Crippen LogP contribution in [0.3, 0.4) is 0 Å². The van der Waals surface area contributed by atoms with Gasteiger partial charge in [0.25, 0.3) is 0 Å². The van der Waals surface area contributed by atoms with Gasteiger partial charge in [-0.25, -0.2) is 4.39 Å². The Morgan fingerprint density at radius 2 is 1.75 bits per heavy atom. The van der Waals surface area contributed by atoms with E-state index in [1.54, 1.807) is 0 Å². The molecule has 2 aromatic carbocycles. The van der Waals surface area contributed by atoms with Crippen molar-refractivity contribution in [2.75, 3.05) is 0 Å². The molecule has 0 bridgehead atoms. The van der Waals surface area contributed by atoms with Gasteiger partial charge in [-0.05, 0) is 65.5 Å². The molecule has 0 radical (unpaired) electrons. The van der Waals surface area contributed by atoms with Gasteiger partial charge in [0.2, 0.25) is 0 Å². The molecule has 0 spiro atoms. The predicted octanol–water partition coefficient (Wildman–Crippen LogP) is 5.31. The van der Waals surface area contributed by atoms with Gasteiger partial charge in [-0.3, -0.25) is 0 Å². The maximum Gasteiger partial charge on any atom is 0.137 e. The second-order valence-electron chi connectivity index (χ2n) is 5.14. The fraction of sp³-hybridized carbons (Fsp3) is 0.294. The highest BCUT2D eigenvalue weighted by Crippen LogP contribution is 2.24. The highest BCUT2D eigenvalue weighted by atomic mass is 79.9. The predicted molar refractivity (Wildman–Crippen MR) is 85.2 cm³/mol. The summed E-state index contributed by atoms with van der Waals surface area (Å²) in [7, 11) is 0. The van der Waals surface area contributed by atoms with Crippen LogP contribution < -0.4 is 5.32 Å². The second-order valence-corrected chi connectivity index (χ2v) is 5.99. The van der Waals surface area contributed by atoms with E-state index in [1.165, 1.54) is 17.2 Å². The molecule has 2 atom stereocenters. The van der Waals surface area contributed by atoms with Crippen LogP contribution in [0.25, 0.3) is 0 Å². The number of aryl methyl sites for hydroxylation is 1. The van der Waals surface area contributed by atoms with Crippen LogP contribution in [-0.2, 0) is 0 Å². The number of rotatable bonds is 4. The Morgan fingerprint density at radius 1 is 1.05 bits per heavy atom. The monoisotopic (exact) mass is 335 g/mol. The van der Waals surface area contributed by atoms with Crippen molar-refractivity contribution < 1.29 is 4.39 Å². The molecule has 0 aliphatic rings. The second kappa shape index (κ2) is 6.51. The van der Waals surface area contributed by atoms with E-state index in [0.29, 0.717) is 4.47 Å². The zero-order chi connectivity index (χ0) is 14.7. The van der Waals surface area contributed by atoms with E-state index in [-0.39, 0.29) is 17.9 Å². The molecule has 0 saturated heterocycles. The molecule has 0 saturated carbocycles. The van der Waals surface area contributed by atoms with E-state index in [0.717, 1.165) is 5.56 Å². The standard InChI is InChI=1S/C17H19BrFN/c1-11-6-4-5-7-15(11)13(3)20-12(2)14-8-9-17(19)16(18)10-14/h4-10,12-13,20H,1-3H3/t12?,13-/m1/s1. The molecule has 3 heteroatoms. The molecule has 2 rings (SSSR count). The molecule has 0 aliphatic carbocycles. The van der Waals surface area contributed by atoms with E-state index >= 15 is 0 Å². The quantitative estimate of drug-likeness (QED) is 0.798. The Kier molecular flexibility index (Phi) is 4.95. The first-order chi connectivity index (χ1) is 9.49. The molecule has 0 fully saturated rings. The molecule has 20 heavy (non-hydrogen) atoms. The van der Waals surface area contributed by atoms with Crippen LogP contribution in [0.5, 0.6) is 0 Å². The highest BCUT2D eigenvalue weighted by molar-refractivity contribution is 9.10. The van der Waals surface area contributed by atoms with Crippen LogP contribution in [-0.4, -0.2) is 0 Å². The van der Waals surface area contributed by atoms with E-state index < -0.39 is 0 Å². The van der Waals surface area contributed by atoms with Crippen molar-refractivity contribution in [3.8, 4) is 0 Å². The fourth-order valence-corrected chi connectivity index (χ4v) is 2.81. The van der Waals surface area contributed by atoms with E-state index in [9.17, 15) is 4.39 Å². The summed E-state index contributed by atoms with van der Waals surface area (Å²) in [5.74, 6) is -0.229. The normalized spacial score (nSPS) is 14.1. The van der Waals surface area contributed by atoms with Crippen molar-refractivity contribution in [1.29, 1.82) is 0 Å². The van der Waals surface area contributed by atoms with Crippen LogP contribution >= 0.6 is 15.9 Å². The summed E-state index contributed by atoms with van der Waals surface area (Å²) in [4.78, 5) is 0. The highest BCUT2D eigenvalue weighted by Gasteiger charge is 2.13. The number of hydrogen-bond acceptors (Lipinski definition) is 1. The van der Waals surface area contributed by atoms with Crippen LogP contribution in [0.1, 0.15) is 42.6 Å². The Morgan fingerprint density at radius 3 is 2.40 bits per heavy atom. The zero-order valence-corrected chi connectivity index (χ0v) is 13.5. The Hall–Kier alpha value is -1.19. The lowest BCUT2D eigenvalue weighted by atomic mass is 10.0. The average molecular weight is 336 g/mol. The lowest BCUT2D eigenvalue weighted by Gasteiger charge is -2.22. The minimum atomic E-state index is -0.229. The summed E-state index contributed by atoms with van der Waals surface area (Å²) in [6, 6.07) is 13.9. The number of halogens is 2. The number of benzene rings is 2. The van der Waals surface area contributed by atoms with E-state index in [2.05, 4.69) is 60.2 Å². The Balaban J connectivity index is 2.13. The lowest BCUT2D eigenvalue weighted by Crippen LogP contribution is -2.23. The van der Waals surface area contributed by atoms with Gasteiger partial charge in [-0.1, -0.05) is 30.3 Å². The summed E-state index contributed by atoms with van der Waals surface area (Å²) in [5.41, 5.74) is 3.64.